The summed E-state index contributed by atoms with van der Waals surface area (Å²) < 4.78 is 0. The summed E-state index contributed by atoms with van der Waals surface area (Å²) >= 11 is 6.03. The van der Waals surface area contributed by atoms with E-state index >= 15 is 0 Å². The summed E-state index contributed by atoms with van der Waals surface area (Å²) in [7, 11) is 0. The number of nitrogens with zero attached hydrogens (tertiary/aromatic N) is 4. The molecule has 1 heterocycles. The Labute approximate surface area is 127 Å². The molecule has 0 saturated carbocycles. The molecule has 0 saturated heterocycles. The standard InChI is InChI=1S/C15H14ClN5/c16-13-6-7-14(12(10-13)8-9-17)21-19-15(18-20-21)11-4-2-1-3-5-11/h1-7,10H,8-9,17H2. The Hall–Kier alpha value is -2.24. The highest BCUT2D eigenvalue weighted by Crippen LogP contribution is 2.20. The fourth-order valence-corrected chi connectivity index (χ4v) is 2.32. The monoisotopic (exact) mass is 299 g/mol. The molecule has 106 valence electrons. The maximum atomic E-state index is 6.03. The van der Waals surface area contributed by atoms with Crippen LogP contribution in [0.2, 0.25) is 5.02 Å². The fourth-order valence-electron chi connectivity index (χ4n) is 2.12. The average Bonchev–Trinajstić information content (AvgIpc) is 2.98. The lowest BCUT2D eigenvalue weighted by molar-refractivity contribution is 0.710. The third-order valence-corrected chi connectivity index (χ3v) is 3.35. The number of tetrazole rings is 1. The fraction of sp³-hybridized carbons (Fsp3) is 0.133. The van der Waals surface area contributed by atoms with Gasteiger partial charge in [-0.15, -0.1) is 15.0 Å². The van der Waals surface area contributed by atoms with Gasteiger partial charge in [-0.2, -0.15) is 0 Å². The number of aromatic nitrogens is 4. The number of nitrogens with two attached hydrogens (primary N) is 1. The molecule has 0 aliphatic rings. The van der Waals surface area contributed by atoms with Gasteiger partial charge in [0, 0.05) is 10.6 Å². The van der Waals surface area contributed by atoms with Gasteiger partial charge in [0.2, 0.25) is 5.82 Å². The smallest absolute Gasteiger partial charge is 0.205 e. The van der Waals surface area contributed by atoms with Crippen molar-refractivity contribution >= 4 is 11.6 Å². The van der Waals surface area contributed by atoms with Crippen molar-refractivity contribution in [1.82, 2.24) is 20.2 Å². The zero-order valence-corrected chi connectivity index (χ0v) is 12.0. The maximum Gasteiger partial charge on any atom is 0.205 e. The zero-order valence-electron chi connectivity index (χ0n) is 11.3. The molecule has 3 rings (SSSR count). The van der Waals surface area contributed by atoms with Crippen LogP contribution in [0.15, 0.2) is 48.5 Å². The van der Waals surface area contributed by atoms with Crippen molar-refractivity contribution in [3.05, 3.63) is 59.1 Å². The zero-order chi connectivity index (χ0) is 14.7. The summed E-state index contributed by atoms with van der Waals surface area (Å²) in [4.78, 5) is 1.52. The molecule has 0 spiro atoms. The molecular formula is C15H14ClN5. The second-order valence-electron chi connectivity index (χ2n) is 4.58. The van der Waals surface area contributed by atoms with Gasteiger partial charge in [-0.3, -0.25) is 0 Å². The van der Waals surface area contributed by atoms with Crippen LogP contribution in [0.5, 0.6) is 0 Å². The Morgan fingerprint density at radius 3 is 2.67 bits per heavy atom. The van der Waals surface area contributed by atoms with Crippen LogP contribution in [0, 0.1) is 0 Å². The van der Waals surface area contributed by atoms with E-state index < -0.39 is 0 Å². The van der Waals surface area contributed by atoms with E-state index in [0.717, 1.165) is 16.8 Å². The first-order valence-electron chi connectivity index (χ1n) is 6.62. The van der Waals surface area contributed by atoms with Gasteiger partial charge in [-0.25, -0.2) is 0 Å². The second-order valence-corrected chi connectivity index (χ2v) is 5.02. The van der Waals surface area contributed by atoms with Gasteiger partial charge in [0.05, 0.1) is 5.69 Å². The van der Waals surface area contributed by atoms with Gasteiger partial charge in [0.15, 0.2) is 0 Å². The molecule has 0 fully saturated rings. The maximum absolute atomic E-state index is 6.03. The average molecular weight is 300 g/mol. The molecule has 0 radical (unpaired) electrons. The van der Waals surface area contributed by atoms with Crippen molar-refractivity contribution in [2.24, 2.45) is 5.73 Å². The molecule has 0 atom stereocenters. The van der Waals surface area contributed by atoms with Crippen LogP contribution >= 0.6 is 11.6 Å². The van der Waals surface area contributed by atoms with E-state index in [2.05, 4.69) is 15.4 Å². The minimum Gasteiger partial charge on any atom is -0.330 e. The first-order chi connectivity index (χ1) is 10.3. The molecule has 0 amide bonds. The number of hydrogen-bond acceptors (Lipinski definition) is 4. The molecule has 3 aromatic rings. The normalized spacial score (nSPS) is 10.8. The van der Waals surface area contributed by atoms with Crippen LogP contribution in [0.1, 0.15) is 5.56 Å². The summed E-state index contributed by atoms with van der Waals surface area (Å²) in [5, 5.41) is 13.3. The second kappa shape index (κ2) is 6.03. The highest BCUT2D eigenvalue weighted by molar-refractivity contribution is 6.30. The molecule has 0 bridgehead atoms. The number of hydrogen-bond donors (Lipinski definition) is 1. The van der Waals surface area contributed by atoms with Crippen molar-refractivity contribution in [3.8, 4) is 17.1 Å². The molecule has 0 aliphatic heterocycles. The molecule has 0 aliphatic carbocycles. The van der Waals surface area contributed by atoms with E-state index in [9.17, 15) is 0 Å². The Bertz CT molecular complexity index is 739. The van der Waals surface area contributed by atoms with Gasteiger partial charge in [0.25, 0.3) is 0 Å². The summed E-state index contributed by atoms with van der Waals surface area (Å²) in [6, 6.07) is 15.3. The van der Waals surface area contributed by atoms with E-state index in [1.54, 1.807) is 0 Å². The van der Waals surface area contributed by atoms with E-state index in [1.807, 2.05) is 48.5 Å². The Morgan fingerprint density at radius 1 is 1.10 bits per heavy atom. The van der Waals surface area contributed by atoms with Gasteiger partial charge in [-0.1, -0.05) is 41.9 Å². The van der Waals surface area contributed by atoms with E-state index in [0.29, 0.717) is 23.8 Å². The molecular weight excluding hydrogens is 286 g/mol. The molecule has 0 unspecified atom stereocenters. The predicted molar refractivity (Wildman–Crippen MR) is 82.4 cm³/mol. The first-order valence-corrected chi connectivity index (χ1v) is 7.00. The van der Waals surface area contributed by atoms with Gasteiger partial charge in [-0.05, 0) is 41.9 Å². The summed E-state index contributed by atoms with van der Waals surface area (Å²) in [6.07, 6.45) is 0.706. The Morgan fingerprint density at radius 2 is 1.90 bits per heavy atom. The van der Waals surface area contributed by atoms with Gasteiger partial charge >= 0.3 is 0 Å². The molecule has 2 N–H and O–H groups in total. The van der Waals surface area contributed by atoms with E-state index in [4.69, 9.17) is 17.3 Å². The van der Waals surface area contributed by atoms with Crippen molar-refractivity contribution in [1.29, 1.82) is 0 Å². The van der Waals surface area contributed by atoms with E-state index in [-0.39, 0.29) is 0 Å². The highest BCUT2D eigenvalue weighted by Gasteiger charge is 2.10. The third-order valence-electron chi connectivity index (χ3n) is 3.12. The third kappa shape index (κ3) is 2.94. The molecule has 2 aromatic carbocycles. The van der Waals surface area contributed by atoms with Crippen LogP contribution in [0.25, 0.3) is 17.1 Å². The van der Waals surface area contributed by atoms with Crippen LogP contribution in [0.4, 0.5) is 0 Å². The lowest BCUT2D eigenvalue weighted by atomic mass is 10.1. The van der Waals surface area contributed by atoms with Crippen molar-refractivity contribution in [2.45, 2.75) is 6.42 Å². The number of benzene rings is 2. The van der Waals surface area contributed by atoms with Gasteiger partial charge in [0.1, 0.15) is 0 Å². The predicted octanol–water partition coefficient (Wildman–Crippen LogP) is 2.48. The molecule has 5 nitrogen and oxygen atoms in total. The van der Waals surface area contributed by atoms with Crippen molar-refractivity contribution < 1.29 is 0 Å². The topological polar surface area (TPSA) is 69.6 Å². The Kier molecular flexibility index (Phi) is 3.94. The summed E-state index contributed by atoms with van der Waals surface area (Å²) in [6.45, 7) is 0.535. The quantitative estimate of drug-likeness (QED) is 0.803. The lowest BCUT2D eigenvalue weighted by Crippen LogP contribution is -2.08. The highest BCUT2D eigenvalue weighted by atomic mass is 35.5. The summed E-state index contributed by atoms with van der Waals surface area (Å²) in [5.74, 6) is 0.587. The molecule has 21 heavy (non-hydrogen) atoms. The van der Waals surface area contributed by atoms with Gasteiger partial charge < -0.3 is 5.73 Å². The van der Waals surface area contributed by atoms with Crippen LogP contribution in [-0.4, -0.2) is 26.8 Å². The molecule has 1 aromatic heterocycles. The largest absolute Gasteiger partial charge is 0.330 e. The lowest BCUT2D eigenvalue weighted by Gasteiger charge is -2.07. The van der Waals surface area contributed by atoms with Crippen LogP contribution in [0.3, 0.4) is 0 Å². The first kappa shape index (κ1) is 13.7. The van der Waals surface area contributed by atoms with Crippen LogP contribution in [-0.2, 0) is 6.42 Å². The van der Waals surface area contributed by atoms with E-state index in [1.165, 1.54) is 4.80 Å². The molecule has 6 heteroatoms. The van der Waals surface area contributed by atoms with Crippen molar-refractivity contribution in [2.75, 3.05) is 6.54 Å². The number of rotatable bonds is 4. The number of halogens is 1. The minimum atomic E-state index is 0.535. The van der Waals surface area contributed by atoms with Crippen LogP contribution < -0.4 is 5.73 Å². The minimum absolute atomic E-state index is 0.535. The SMILES string of the molecule is NCCc1cc(Cl)ccc1-n1nnc(-c2ccccc2)n1. The summed E-state index contributed by atoms with van der Waals surface area (Å²) in [5.41, 5.74) is 8.42. The Balaban J connectivity index is 2.00. The van der Waals surface area contributed by atoms with Crippen molar-refractivity contribution in [3.63, 3.8) is 0 Å².